The summed E-state index contributed by atoms with van der Waals surface area (Å²) < 4.78 is 41.9. The van der Waals surface area contributed by atoms with Crippen molar-refractivity contribution in [3.05, 3.63) is 88.1 Å². The molecule has 1 heterocycles. The van der Waals surface area contributed by atoms with E-state index in [0.29, 0.717) is 38.7 Å². The van der Waals surface area contributed by atoms with Gasteiger partial charge in [-0.2, -0.15) is 8.78 Å². The Balaban J connectivity index is 1.64. The molecular weight excluding hydrogens is 530 g/mol. The number of aromatic nitrogens is 1. The maximum Gasteiger partial charge on any atom is 0.387 e. The Morgan fingerprint density at radius 1 is 0.974 bits per heavy atom. The van der Waals surface area contributed by atoms with E-state index in [0.717, 1.165) is 5.39 Å². The predicted octanol–water partition coefficient (Wildman–Crippen LogP) is 6.11. The Kier molecular flexibility index (Phi) is 8.40. The molecule has 39 heavy (non-hydrogen) atoms. The van der Waals surface area contributed by atoms with Gasteiger partial charge in [0, 0.05) is 35.3 Å². The zero-order valence-electron chi connectivity index (χ0n) is 21.8. The molecule has 1 aromatic heterocycles. The molecule has 0 fully saturated rings. The lowest BCUT2D eigenvalue weighted by molar-refractivity contribution is -0.129. The highest BCUT2D eigenvalue weighted by atomic mass is 35.5. The van der Waals surface area contributed by atoms with Crippen molar-refractivity contribution >= 4 is 34.3 Å². The molecule has 10 heteroatoms. The average molecular weight is 557 g/mol. The summed E-state index contributed by atoms with van der Waals surface area (Å²) in [5.41, 5.74) is 3.11. The zero-order valence-corrected chi connectivity index (χ0v) is 22.6. The first kappa shape index (κ1) is 27.9. The minimum atomic E-state index is -2.98. The predicted molar refractivity (Wildman–Crippen MR) is 144 cm³/mol. The van der Waals surface area contributed by atoms with Crippen molar-refractivity contribution in [1.29, 1.82) is 0 Å². The van der Waals surface area contributed by atoms with Gasteiger partial charge in [0.05, 0.1) is 26.2 Å². The van der Waals surface area contributed by atoms with Crippen LogP contribution in [0.3, 0.4) is 0 Å². The molecule has 0 saturated heterocycles. The van der Waals surface area contributed by atoms with Crippen LogP contribution in [0.25, 0.3) is 10.9 Å². The smallest absolute Gasteiger partial charge is 0.387 e. The van der Waals surface area contributed by atoms with Gasteiger partial charge in [0.25, 0.3) is 5.91 Å². The molecule has 204 valence electrons. The topological polar surface area (TPSA) is 70.0 Å². The summed E-state index contributed by atoms with van der Waals surface area (Å²) in [6.45, 7) is -0.978. The summed E-state index contributed by atoms with van der Waals surface area (Å²) in [5, 5.41) is 1.25. The van der Waals surface area contributed by atoms with Gasteiger partial charge in [-0.1, -0.05) is 17.7 Å². The van der Waals surface area contributed by atoms with E-state index in [2.05, 4.69) is 4.74 Å². The fourth-order valence-corrected chi connectivity index (χ4v) is 4.57. The largest absolute Gasteiger partial charge is 0.497 e. The van der Waals surface area contributed by atoms with Crippen LogP contribution in [-0.2, 0) is 17.8 Å². The van der Waals surface area contributed by atoms with Crippen LogP contribution in [0.2, 0.25) is 5.02 Å². The standard InChI is InChI=1S/C29H27ClF2N2O5/c1-17-22(15-27(35)33(2)16-18-5-12-25(39-29(31)32)26(13-18)38-4)23-14-21(37-3)10-11-24(23)34(17)28(36)19-6-8-20(30)9-7-19/h5-14,29H,15-16H2,1-4H3. The highest BCUT2D eigenvalue weighted by molar-refractivity contribution is 6.30. The van der Waals surface area contributed by atoms with E-state index in [9.17, 15) is 18.4 Å². The third-order valence-corrected chi connectivity index (χ3v) is 6.71. The van der Waals surface area contributed by atoms with E-state index in [1.54, 1.807) is 74.2 Å². The van der Waals surface area contributed by atoms with Gasteiger partial charge >= 0.3 is 6.61 Å². The van der Waals surface area contributed by atoms with Gasteiger partial charge in [0.15, 0.2) is 11.5 Å². The minimum Gasteiger partial charge on any atom is -0.497 e. The number of methoxy groups -OCH3 is 2. The summed E-state index contributed by atoms with van der Waals surface area (Å²) in [7, 11) is 4.55. The number of benzene rings is 3. The monoisotopic (exact) mass is 556 g/mol. The number of nitrogens with zero attached hydrogens (tertiary/aromatic N) is 2. The second-order valence-corrected chi connectivity index (χ2v) is 9.32. The van der Waals surface area contributed by atoms with Crippen molar-refractivity contribution in [3.63, 3.8) is 0 Å². The molecule has 4 rings (SSSR count). The Morgan fingerprint density at radius 3 is 2.33 bits per heavy atom. The fourth-order valence-electron chi connectivity index (χ4n) is 4.45. The van der Waals surface area contributed by atoms with Gasteiger partial charge < -0.3 is 19.1 Å². The second-order valence-electron chi connectivity index (χ2n) is 8.88. The third kappa shape index (κ3) is 5.98. The van der Waals surface area contributed by atoms with Crippen molar-refractivity contribution < 1.29 is 32.6 Å². The lowest BCUT2D eigenvalue weighted by atomic mass is 10.1. The van der Waals surface area contributed by atoms with E-state index >= 15 is 0 Å². The highest BCUT2D eigenvalue weighted by Crippen LogP contribution is 2.32. The average Bonchev–Trinajstić information content (AvgIpc) is 3.19. The minimum absolute atomic E-state index is 0.0244. The molecule has 0 unspecified atom stereocenters. The fraction of sp³-hybridized carbons (Fsp3) is 0.241. The van der Waals surface area contributed by atoms with E-state index in [1.165, 1.54) is 18.1 Å². The molecule has 0 radical (unpaired) electrons. The maximum atomic E-state index is 13.5. The lowest BCUT2D eigenvalue weighted by Crippen LogP contribution is -2.28. The summed E-state index contributed by atoms with van der Waals surface area (Å²) in [5.74, 6) is 0.197. The number of carbonyl (C=O) groups is 2. The molecule has 4 aromatic rings. The lowest BCUT2D eigenvalue weighted by Gasteiger charge is -2.19. The van der Waals surface area contributed by atoms with Gasteiger partial charge in [-0.05, 0) is 72.6 Å². The summed E-state index contributed by atoms with van der Waals surface area (Å²) >= 11 is 6.00. The van der Waals surface area contributed by atoms with Crippen LogP contribution in [-0.4, -0.2) is 49.2 Å². The highest BCUT2D eigenvalue weighted by Gasteiger charge is 2.23. The first-order chi connectivity index (χ1) is 18.6. The number of ether oxygens (including phenoxy) is 3. The number of amides is 1. The zero-order chi connectivity index (χ0) is 28.3. The van der Waals surface area contributed by atoms with Gasteiger partial charge in [0.2, 0.25) is 5.91 Å². The van der Waals surface area contributed by atoms with Crippen LogP contribution in [0.15, 0.2) is 60.7 Å². The number of hydrogen-bond acceptors (Lipinski definition) is 5. The number of fused-ring (bicyclic) bond motifs is 1. The molecule has 0 saturated carbocycles. The van der Waals surface area contributed by atoms with Crippen LogP contribution in [0.5, 0.6) is 17.2 Å². The molecule has 0 bridgehead atoms. The summed E-state index contributed by atoms with van der Waals surface area (Å²) in [4.78, 5) is 28.4. The second kappa shape index (κ2) is 11.7. The van der Waals surface area contributed by atoms with Crippen molar-refractivity contribution in [2.75, 3.05) is 21.3 Å². The first-order valence-electron chi connectivity index (χ1n) is 12.0. The van der Waals surface area contributed by atoms with Crippen LogP contribution < -0.4 is 14.2 Å². The van der Waals surface area contributed by atoms with E-state index in [4.69, 9.17) is 21.1 Å². The normalized spacial score (nSPS) is 11.1. The van der Waals surface area contributed by atoms with Crippen LogP contribution in [0.4, 0.5) is 8.78 Å². The quantitative estimate of drug-likeness (QED) is 0.249. The first-order valence-corrected chi connectivity index (χ1v) is 12.3. The Labute approximate surface area is 229 Å². The number of carbonyl (C=O) groups excluding carboxylic acids is 2. The van der Waals surface area contributed by atoms with Crippen molar-refractivity contribution in [2.24, 2.45) is 0 Å². The number of rotatable bonds is 9. The van der Waals surface area contributed by atoms with E-state index in [-0.39, 0.29) is 36.3 Å². The number of likely N-dealkylation sites (N-methyl/N-ethyl adjacent to an activating group) is 1. The van der Waals surface area contributed by atoms with Gasteiger partial charge in [0.1, 0.15) is 5.75 Å². The molecule has 7 nitrogen and oxygen atoms in total. The molecule has 0 spiro atoms. The molecule has 0 N–H and O–H groups in total. The summed E-state index contributed by atoms with van der Waals surface area (Å²) in [6, 6.07) is 16.5. The number of hydrogen-bond donors (Lipinski definition) is 0. The molecular formula is C29H27ClF2N2O5. The Hall–Kier alpha value is -4.11. The van der Waals surface area contributed by atoms with Crippen LogP contribution in [0, 0.1) is 6.92 Å². The maximum absolute atomic E-state index is 13.5. The van der Waals surface area contributed by atoms with Crippen LogP contribution >= 0.6 is 11.6 Å². The Morgan fingerprint density at radius 2 is 1.69 bits per heavy atom. The van der Waals surface area contributed by atoms with E-state index in [1.807, 2.05) is 6.07 Å². The molecule has 0 aliphatic heterocycles. The van der Waals surface area contributed by atoms with Gasteiger partial charge in [-0.25, -0.2) is 0 Å². The van der Waals surface area contributed by atoms with Crippen molar-refractivity contribution in [2.45, 2.75) is 26.5 Å². The van der Waals surface area contributed by atoms with E-state index < -0.39 is 6.61 Å². The third-order valence-electron chi connectivity index (χ3n) is 6.45. The molecule has 1 amide bonds. The molecule has 0 aliphatic carbocycles. The molecule has 0 aliphatic rings. The SMILES string of the molecule is COc1ccc2c(c1)c(CC(=O)N(C)Cc1ccc(OC(F)F)c(OC)c1)c(C)n2C(=O)c1ccc(Cl)cc1. The van der Waals surface area contributed by atoms with Gasteiger partial charge in [-0.3, -0.25) is 14.2 Å². The Bertz CT molecular complexity index is 1520. The number of halogens is 3. The van der Waals surface area contributed by atoms with Gasteiger partial charge in [-0.15, -0.1) is 0 Å². The molecule has 0 atom stereocenters. The van der Waals surface area contributed by atoms with Crippen molar-refractivity contribution in [3.8, 4) is 17.2 Å². The molecule has 3 aromatic carbocycles. The number of alkyl halides is 2. The van der Waals surface area contributed by atoms with Crippen molar-refractivity contribution in [1.82, 2.24) is 9.47 Å². The summed E-state index contributed by atoms with van der Waals surface area (Å²) in [6.07, 6.45) is 0.0244. The van der Waals surface area contributed by atoms with Crippen LogP contribution in [0.1, 0.15) is 27.2 Å².